The Hall–Kier alpha value is -6.56. The number of benzene rings is 7. The maximum atomic E-state index is 6.51. The van der Waals surface area contributed by atoms with Gasteiger partial charge in [-0.2, -0.15) is 0 Å². The minimum Gasteiger partial charge on any atom is -0.456 e. The lowest BCUT2D eigenvalue weighted by molar-refractivity contribution is 0.669. The van der Waals surface area contributed by atoms with Crippen LogP contribution in [0.3, 0.4) is 0 Å². The first-order chi connectivity index (χ1) is 25.3. The van der Waals surface area contributed by atoms with E-state index in [1.165, 1.54) is 15.8 Å². The zero-order valence-corrected chi connectivity index (χ0v) is 28.2. The number of nitrogens with zero attached hydrogens (tertiary/aromatic N) is 3. The van der Waals surface area contributed by atoms with Crippen molar-refractivity contribution in [2.24, 2.45) is 0 Å². The Kier molecular flexibility index (Phi) is 6.96. The summed E-state index contributed by atoms with van der Waals surface area (Å²) in [5.41, 5.74) is 11.2. The zero-order valence-electron chi connectivity index (χ0n) is 27.4. The molecule has 240 valence electrons. The van der Waals surface area contributed by atoms with Gasteiger partial charge in [-0.25, -0.2) is 9.97 Å². The monoisotopic (exact) mass is 671 g/mol. The van der Waals surface area contributed by atoms with Crippen molar-refractivity contribution >= 4 is 70.6 Å². The molecule has 0 aliphatic heterocycles. The van der Waals surface area contributed by atoms with E-state index >= 15 is 0 Å². The molecule has 0 saturated heterocycles. The quantitative estimate of drug-likeness (QED) is 0.176. The Morgan fingerprint density at radius 3 is 1.84 bits per heavy atom. The van der Waals surface area contributed by atoms with Crippen LogP contribution < -0.4 is 4.90 Å². The molecule has 10 rings (SSSR count). The van der Waals surface area contributed by atoms with E-state index in [9.17, 15) is 0 Å². The molecule has 3 heterocycles. The fourth-order valence-electron chi connectivity index (χ4n) is 7.01. The highest BCUT2D eigenvalue weighted by atomic mass is 32.1. The number of fused-ring (bicyclic) bond motifs is 6. The van der Waals surface area contributed by atoms with Crippen LogP contribution >= 0.6 is 11.3 Å². The molecular weight excluding hydrogens is 643 g/mol. The second-order valence-electron chi connectivity index (χ2n) is 12.6. The normalized spacial score (nSPS) is 11.5. The highest BCUT2D eigenvalue weighted by Crippen LogP contribution is 2.42. The number of rotatable bonds is 6. The number of para-hydroxylation sites is 1. The van der Waals surface area contributed by atoms with E-state index in [4.69, 9.17) is 14.4 Å². The van der Waals surface area contributed by atoms with Crippen LogP contribution in [0.15, 0.2) is 180 Å². The summed E-state index contributed by atoms with van der Waals surface area (Å²) in [5.74, 6) is 0.683. The molecule has 7 aromatic carbocycles. The van der Waals surface area contributed by atoms with Gasteiger partial charge in [0.25, 0.3) is 0 Å². The molecule has 0 amide bonds. The van der Waals surface area contributed by atoms with Crippen molar-refractivity contribution in [2.75, 3.05) is 4.90 Å². The van der Waals surface area contributed by atoms with Crippen molar-refractivity contribution in [3.8, 4) is 33.8 Å². The summed E-state index contributed by atoms with van der Waals surface area (Å²) in [5, 5.41) is 3.25. The summed E-state index contributed by atoms with van der Waals surface area (Å²) in [6.07, 6.45) is 0. The summed E-state index contributed by atoms with van der Waals surface area (Å²) in [6.45, 7) is 0. The standard InChI is InChI=1S/C46H29N3OS/c1-4-12-30(13-5-1)31-20-23-35(24-21-31)49(34-16-8-3-9-17-34)36-25-27-40-39(29-36)37-26-22-33(28-41(37)50-40)46-47-43(32-14-6-2-7-15-32)45-44(48-46)38-18-10-11-19-42(38)51-45/h1-29H. The van der Waals surface area contributed by atoms with Crippen molar-refractivity contribution in [1.29, 1.82) is 0 Å². The Bertz CT molecular complexity index is 2840. The number of hydrogen-bond donors (Lipinski definition) is 0. The smallest absolute Gasteiger partial charge is 0.160 e. The Morgan fingerprint density at radius 1 is 0.431 bits per heavy atom. The van der Waals surface area contributed by atoms with Gasteiger partial charge in [-0.15, -0.1) is 11.3 Å². The minimum atomic E-state index is 0.683. The number of anilines is 3. The topological polar surface area (TPSA) is 42.2 Å². The molecule has 3 aromatic heterocycles. The summed E-state index contributed by atoms with van der Waals surface area (Å²) >= 11 is 1.74. The number of furan rings is 1. The summed E-state index contributed by atoms with van der Waals surface area (Å²) in [7, 11) is 0. The molecule has 0 atom stereocenters. The van der Waals surface area contributed by atoms with Crippen LogP contribution in [0.5, 0.6) is 0 Å². The summed E-state index contributed by atoms with van der Waals surface area (Å²) in [4.78, 5) is 12.6. The van der Waals surface area contributed by atoms with Gasteiger partial charge in [0.2, 0.25) is 0 Å². The third-order valence-corrected chi connectivity index (χ3v) is 10.7. The van der Waals surface area contributed by atoms with E-state index in [0.29, 0.717) is 5.82 Å². The van der Waals surface area contributed by atoms with E-state index in [2.05, 4.69) is 169 Å². The summed E-state index contributed by atoms with van der Waals surface area (Å²) in [6, 6.07) is 61.4. The molecular formula is C46H29N3OS. The molecule has 5 heteroatoms. The minimum absolute atomic E-state index is 0.683. The maximum absolute atomic E-state index is 6.51. The molecule has 0 aliphatic carbocycles. The Labute approximate surface area is 298 Å². The molecule has 0 N–H and O–H groups in total. The van der Waals surface area contributed by atoms with Gasteiger partial charge in [0, 0.05) is 49.0 Å². The Balaban J connectivity index is 1.08. The van der Waals surface area contributed by atoms with Gasteiger partial charge in [-0.3, -0.25) is 0 Å². The average molecular weight is 672 g/mol. The van der Waals surface area contributed by atoms with Crippen molar-refractivity contribution in [3.63, 3.8) is 0 Å². The Morgan fingerprint density at radius 2 is 1.06 bits per heavy atom. The summed E-state index contributed by atoms with van der Waals surface area (Å²) < 4.78 is 8.81. The fourth-order valence-corrected chi connectivity index (χ4v) is 8.17. The van der Waals surface area contributed by atoms with Gasteiger partial charge in [0.15, 0.2) is 5.82 Å². The average Bonchev–Trinajstić information content (AvgIpc) is 3.77. The van der Waals surface area contributed by atoms with Crippen LogP contribution in [0.1, 0.15) is 0 Å². The second kappa shape index (κ2) is 12.1. The van der Waals surface area contributed by atoms with E-state index < -0.39 is 0 Å². The zero-order chi connectivity index (χ0) is 33.7. The number of aromatic nitrogens is 2. The van der Waals surface area contributed by atoms with Crippen molar-refractivity contribution in [3.05, 3.63) is 176 Å². The first kappa shape index (κ1) is 29.4. The molecule has 0 fully saturated rings. The van der Waals surface area contributed by atoms with E-state index in [1.54, 1.807) is 11.3 Å². The van der Waals surface area contributed by atoms with Crippen LogP contribution in [-0.2, 0) is 0 Å². The van der Waals surface area contributed by atoms with Crippen LogP contribution in [-0.4, -0.2) is 9.97 Å². The highest BCUT2D eigenvalue weighted by molar-refractivity contribution is 7.26. The van der Waals surface area contributed by atoms with E-state index in [-0.39, 0.29) is 0 Å². The van der Waals surface area contributed by atoms with Crippen molar-refractivity contribution in [1.82, 2.24) is 9.97 Å². The van der Waals surface area contributed by atoms with Crippen molar-refractivity contribution in [2.45, 2.75) is 0 Å². The van der Waals surface area contributed by atoms with Gasteiger partial charge in [-0.1, -0.05) is 115 Å². The predicted molar refractivity (Wildman–Crippen MR) is 213 cm³/mol. The molecule has 4 nitrogen and oxygen atoms in total. The molecule has 10 aromatic rings. The highest BCUT2D eigenvalue weighted by Gasteiger charge is 2.19. The van der Waals surface area contributed by atoms with Gasteiger partial charge in [-0.05, 0) is 71.8 Å². The van der Waals surface area contributed by atoms with E-state index in [0.717, 1.165) is 71.4 Å². The first-order valence-corrected chi connectivity index (χ1v) is 17.8. The molecule has 0 saturated carbocycles. The lowest BCUT2D eigenvalue weighted by Gasteiger charge is -2.25. The van der Waals surface area contributed by atoms with Gasteiger partial charge < -0.3 is 9.32 Å². The second-order valence-corrected chi connectivity index (χ2v) is 13.7. The maximum Gasteiger partial charge on any atom is 0.160 e. The number of hydrogen-bond acceptors (Lipinski definition) is 5. The molecule has 0 radical (unpaired) electrons. The molecule has 51 heavy (non-hydrogen) atoms. The third-order valence-electron chi connectivity index (χ3n) is 9.49. The molecule has 0 unspecified atom stereocenters. The fraction of sp³-hybridized carbons (Fsp3) is 0. The number of thiophene rings is 1. The van der Waals surface area contributed by atoms with Crippen LogP contribution in [0.2, 0.25) is 0 Å². The molecule has 0 bridgehead atoms. The first-order valence-electron chi connectivity index (χ1n) is 17.0. The van der Waals surface area contributed by atoms with Crippen LogP contribution in [0.4, 0.5) is 17.1 Å². The lowest BCUT2D eigenvalue weighted by atomic mass is 10.0. The largest absolute Gasteiger partial charge is 0.456 e. The third kappa shape index (κ3) is 5.14. The van der Waals surface area contributed by atoms with Gasteiger partial charge in [0.1, 0.15) is 11.2 Å². The van der Waals surface area contributed by atoms with Crippen LogP contribution in [0.25, 0.3) is 76.0 Å². The predicted octanol–water partition coefficient (Wildman–Crippen LogP) is 13.2. The molecule has 0 aliphatic rings. The van der Waals surface area contributed by atoms with Gasteiger partial charge >= 0.3 is 0 Å². The lowest BCUT2D eigenvalue weighted by Crippen LogP contribution is -2.09. The SMILES string of the molecule is c1ccc(-c2ccc(N(c3ccccc3)c3ccc4oc5cc(-c6nc(-c7ccccc7)c7sc8ccccc8c7n6)ccc5c4c3)cc2)cc1. The van der Waals surface area contributed by atoms with Gasteiger partial charge in [0.05, 0.1) is 15.9 Å². The van der Waals surface area contributed by atoms with Crippen LogP contribution in [0, 0.1) is 0 Å². The van der Waals surface area contributed by atoms with E-state index in [1.807, 2.05) is 12.1 Å². The molecule has 0 spiro atoms. The van der Waals surface area contributed by atoms with Crippen molar-refractivity contribution < 1.29 is 4.42 Å².